The lowest BCUT2D eigenvalue weighted by molar-refractivity contribution is 0.121. The van der Waals surface area contributed by atoms with Crippen LogP contribution in [0, 0.1) is 0 Å². The lowest BCUT2D eigenvalue weighted by Crippen LogP contribution is -2.46. The first-order valence-electron chi connectivity index (χ1n) is 9.29. The molecule has 1 saturated heterocycles. The first-order chi connectivity index (χ1) is 10.5. The molecular weight excluding hydrogens is 272 g/mol. The predicted molar refractivity (Wildman–Crippen MR) is 102 cm³/mol. The molecule has 0 aromatic rings. The zero-order valence-electron chi connectivity index (χ0n) is 16.7. The summed E-state index contributed by atoms with van der Waals surface area (Å²) in [5.41, 5.74) is 0. The Morgan fingerprint density at radius 2 is 1.59 bits per heavy atom. The van der Waals surface area contributed by atoms with Gasteiger partial charge in [0.05, 0.1) is 0 Å². The Bertz CT molecular complexity index is 201. The van der Waals surface area contributed by atoms with E-state index in [9.17, 15) is 0 Å². The molecule has 0 aliphatic carbocycles. The highest BCUT2D eigenvalue weighted by molar-refractivity contribution is 4.79. The third-order valence-corrected chi connectivity index (χ3v) is 3.67. The summed E-state index contributed by atoms with van der Waals surface area (Å²) in [4.78, 5) is 5.15. The van der Waals surface area contributed by atoms with E-state index in [1.54, 1.807) is 0 Å². The van der Waals surface area contributed by atoms with E-state index >= 15 is 0 Å². The molecule has 4 heteroatoms. The van der Waals surface area contributed by atoms with Gasteiger partial charge in [0.2, 0.25) is 0 Å². The fourth-order valence-electron chi connectivity index (χ4n) is 2.62. The topological polar surface area (TPSA) is 30.5 Å². The smallest absolute Gasteiger partial charge is 0.0120 e. The van der Waals surface area contributed by atoms with Crippen LogP contribution >= 0.6 is 0 Å². The normalized spacial score (nSPS) is 16.1. The van der Waals surface area contributed by atoms with Crippen LogP contribution in [-0.2, 0) is 0 Å². The quantitative estimate of drug-likeness (QED) is 0.756. The van der Waals surface area contributed by atoms with E-state index in [2.05, 4.69) is 48.3 Å². The molecular formula is C18H44N4. The van der Waals surface area contributed by atoms with Crippen LogP contribution in [0.4, 0.5) is 0 Å². The van der Waals surface area contributed by atoms with Gasteiger partial charge in [-0.1, -0.05) is 34.6 Å². The maximum absolute atomic E-state index is 3.53. The maximum atomic E-state index is 3.53. The minimum absolute atomic E-state index is 0.607. The summed E-state index contributed by atoms with van der Waals surface area (Å²) < 4.78 is 0. The first-order valence-corrected chi connectivity index (χ1v) is 9.29. The molecule has 1 aliphatic heterocycles. The van der Waals surface area contributed by atoms with Crippen molar-refractivity contribution < 1.29 is 0 Å². The molecule has 0 amide bonds. The SMILES string of the molecule is CC.CCCN(CCNC(C)C)C1CCN(C)CC1.CNC. The highest BCUT2D eigenvalue weighted by Gasteiger charge is 2.22. The van der Waals surface area contributed by atoms with Gasteiger partial charge in [-0.3, -0.25) is 4.90 Å². The molecule has 0 aromatic heterocycles. The molecule has 4 nitrogen and oxygen atoms in total. The molecule has 0 spiro atoms. The van der Waals surface area contributed by atoms with Crippen molar-refractivity contribution in [1.29, 1.82) is 0 Å². The van der Waals surface area contributed by atoms with E-state index in [0.29, 0.717) is 6.04 Å². The predicted octanol–water partition coefficient (Wildman–Crippen LogP) is 2.65. The molecule has 22 heavy (non-hydrogen) atoms. The van der Waals surface area contributed by atoms with Crippen LogP contribution in [-0.4, -0.2) is 75.8 Å². The van der Waals surface area contributed by atoms with E-state index in [1.807, 2.05) is 27.9 Å². The Morgan fingerprint density at radius 3 is 2.00 bits per heavy atom. The molecule has 1 fully saturated rings. The Morgan fingerprint density at radius 1 is 1.09 bits per heavy atom. The molecule has 0 saturated carbocycles. The largest absolute Gasteiger partial charge is 0.323 e. The number of nitrogens with zero attached hydrogens (tertiary/aromatic N) is 2. The van der Waals surface area contributed by atoms with Crippen LogP contribution in [0.2, 0.25) is 0 Å². The summed E-state index contributed by atoms with van der Waals surface area (Å²) >= 11 is 0. The minimum Gasteiger partial charge on any atom is -0.323 e. The lowest BCUT2D eigenvalue weighted by Gasteiger charge is -2.37. The van der Waals surface area contributed by atoms with E-state index in [0.717, 1.165) is 12.6 Å². The molecule has 2 N–H and O–H groups in total. The van der Waals surface area contributed by atoms with Gasteiger partial charge < -0.3 is 15.5 Å². The summed E-state index contributed by atoms with van der Waals surface area (Å²) in [5, 5.41) is 6.28. The Kier molecular flexibility index (Phi) is 18.8. The number of nitrogens with one attached hydrogen (secondary N) is 2. The van der Waals surface area contributed by atoms with Gasteiger partial charge in [-0.05, 0) is 60.0 Å². The van der Waals surface area contributed by atoms with Crippen LogP contribution < -0.4 is 10.6 Å². The highest BCUT2D eigenvalue weighted by Crippen LogP contribution is 2.15. The average Bonchev–Trinajstić information content (AvgIpc) is 2.50. The Labute approximate surface area is 141 Å². The third kappa shape index (κ3) is 13.5. The Hall–Kier alpha value is -0.160. The fourth-order valence-corrected chi connectivity index (χ4v) is 2.62. The number of likely N-dealkylation sites (tertiary alicyclic amines) is 1. The second-order valence-electron chi connectivity index (χ2n) is 6.18. The summed E-state index contributed by atoms with van der Waals surface area (Å²) in [6.07, 6.45) is 3.96. The van der Waals surface area contributed by atoms with Crippen LogP contribution in [0.5, 0.6) is 0 Å². The van der Waals surface area contributed by atoms with Gasteiger partial charge in [-0.2, -0.15) is 0 Å². The van der Waals surface area contributed by atoms with Crippen molar-refractivity contribution in [2.24, 2.45) is 0 Å². The Balaban J connectivity index is 0. The fraction of sp³-hybridized carbons (Fsp3) is 1.00. The molecule has 0 unspecified atom stereocenters. The van der Waals surface area contributed by atoms with Crippen LogP contribution in [0.1, 0.15) is 53.9 Å². The van der Waals surface area contributed by atoms with Crippen molar-refractivity contribution in [2.45, 2.75) is 66.0 Å². The molecule has 136 valence electrons. The van der Waals surface area contributed by atoms with Crippen LogP contribution in [0.25, 0.3) is 0 Å². The second kappa shape index (κ2) is 17.2. The van der Waals surface area contributed by atoms with Gasteiger partial charge in [-0.15, -0.1) is 0 Å². The van der Waals surface area contributed by atoms with E-state index < -0.39 is 0 Å². The number of hydrogen-bond donors (Lipinski definition) is 2. The van der Waals surface area contributed by atoms with Gasteiger partial charge in [0.25, 0.3) is 0 Å². The van der Waals surface area contributed by atoms with Gasteiger partial charge in [0.1, 0.15) is 0 Å². The van der Waals surface area contributed by atoms with Crippen molar-refractivity contribution in [3.8, 4) is 0 Å². The number of rotatable bonds is 7. The molecule has 0 aromatic carbocycles. The third-order valence-electron chi connectivity index (χ3n) is 3.67. The first kappa shape index (κ1) is 24.1. The average molecular weight is 317 g/mol. The van der Waals surface area contributed by atoms with Gasteiger partial charge in [0.15, 0.2) is 0 Å². The summed E-state index contributed by atoms with van der Waals surface area (Å²) in [5.74, 6) is 0. The van der Waals surface area contributed by atoms with Crippen LogP contribution in [0.3, 0.4) is 0 Å². The minimum atomic E-state index is 0.607. The van der Waals surface area contributed by atoms with Crippen molar-refractivity contribution in [3.63, 3.8) is 0 Å². The molecule has 1 rings (SSSR count). The van der Waals surface area contributed by atoms with Gasteiger partial charge in [0, 0.05) is 25.2 Å². The molecule has 1 aliphatic rings. The van der Waals surface area contributed by atoms with Crippen molar-refractivity contribution >= 4 is 0 Å². The van der Waals surface area contributed by atoms with Gasteiger partial charge >= 0.3 is 0 Å². The summed E-state index contributed by atoms with van der Waals surface area (Å²) in [6.45, 7) is 16.9. The van der Waals surface area contributed by atoms with Crippen LogP contribution in [0.15, 0.2) is 0 Å². The van der Waals surface area contributed by atoms with Crippen molar-refractivity contribution in [2.75, 3.05) is 53.9 Å². The molecule has 0 bridgehead atoms. The second-order valence-corrected chi connectivity index (χ2v) is 6.18. The van der Waals surface area contributed by atoms with Gasteiger partial charge in [-0.25, -0.2) is 0 Å². The maximum Gasteiger partial charge on any atom is 0.0120 e. The summed E-state index contributed by atoms with van der Waals surface area (Å²) in [7, 11) is 5.99. The molecule has 1 heterocycles. The number of piperidine rings is 1. The molecule has 0 atom stereocenters. The van der Waals surface area contributed by atoms with E-state index in [-0.39, 0.29) is 0 Å². The van der Waals surface area contributed by atoms with E-state index in [1.165, 1.54) is 45.4 Å². The van der Waals surface area contributed by atoms with E-state index in [4.69, 9.17) is 0 Å². The standard InChI is InChI=1S/C14H31N3.C2H7N.C2H6/c1-5-9-17(12-8-15-13(2)3)14-6-10-16(4)11-7-14;1-3-2;1-2/h13-15H,5-12H2,1-4H3;3H,1-2H3;1-2H3. The summed E-state index contributed by atoms with van der Waals surface area (Å²) in [6, 6.07) is 1.43. The molecule has 0 radical (unpaired) electrons. The zero-order valence-corrected chi connectivity index (χ0v) is 16.7. The van der Waals surface area contributed by atoms with Crippen molar-refractivity contribution in [3.05, 3.63) is 0 Å². The zero-order chi connectivity index (χ0) is 17.4. The highest BCUT2D eigenvalue weighted by atomic mass is 15.2. The van der Waals surface area contributed by atoms with Crippen molar-refractivity contribution in [1.82, 2.24) is 20.4 Å². The number of hydrogen-bond acceptors (Lipinski definition) is 4. The monoisotopic (exact) mass is 316 g/mol. The lowest BCUT2D eigenvalue weighted by atomic mass is 10.0.